The van der Waals surface area contributed by atoms with Gasteiger partial charge in [0.15, 0.2) is 0 Å². The number of benzene rings is 2. The van der Waals surface area contributed by atoms with Gasteiger partial charge in [0.25, 0.3) is 0 Å². The third kappa shape index (κ3) is 5.07. The smallest absolute Gasteiger partial charge is 0.323 e. The standard InChI is InChI=1S/C20H27NO2/c1-13(2)9-15-5-7-17-8-6-16(11-18(17)10-15)12-19(21)20(22)23-14(3)4/h5-8,10-11,13-14,19H,9,12,21H2,1-4H3. The second kappa shape index (κ2) is 7.60. The number of nitrogens with two attached hydrogens (primary N) is 1. The molecule has 124 valence electrons. The fraction of sp³-hybridized carbons (Fsp3) is 0.450. The van der Waals surface area contributed by atoms with Crippen molar-refractivity contribution >= 4 is 16.7 Å². The van der Waals surface area contributed by atoms with E-state index in [1.54, 1.807) is 0 Å². The number of rotatable bonds is 6. The first-order valence-electron chi connectivity index (χ1n) is 8.33. The first-order chi connectivity index (χ1) is 10.8. The van der Waals surface area contributed by atoms with Crippen molar-refractivity contribution in [3.8, 4) is 0 Å². The molecule has 0 spiro atoms. The van der Waals surface area contributed by atoms with Gasteiger partial charge in [-0.2, -0.15) is 0 Å². The lowest BCUT2D eigenvalue weighted by Gasteiger charge is -2.14. The molecule has 0 aliphatic heterocycles. The quantitative estimate of drug-likeness (QED) is 0.824. The van der Waals surface area contributed by atoms with Crippen LogP contribution in [0.5, 0.6) is 0 Å². The normalized spacial score (nSPS) is 12.8. The van der Waals surface area contributed by atoms with Gasteiger partial charge in [0, 0.05) is 0 Å². The van der Waals surface area contributed by atoms with Crippen LogP contribution in [0.25, 0.3) is 10.8 Å². The van der Waals surface area contributed by atoms with Crippen molar-refractivity contribution < 1.29 is 9.53 Å². The third-order valence-corrected chi connectivity index (χ3v) is 3.72. The molecule has 0 bridgehead atoms. The van der Waals surface area contributed by atoms with Crippen molar-refractivity contribution in [1.29, 1.82) is 0 Å². The van der Waals surface area contributed by atoms with E-state index < -0.39 is 6.04 Å². The molecule has 3 heteroatoms. The Balaban J connectivity index is 2.16. The molecule has 0 aromatic heterocycles. The van der Waals surface area contributed by atoms with Gasteiger partial charge in [-0.1, -0.05) is 50.2 Å². The molecule has 0 heterocycles. The summed E-state index contributed by atoms with van der Waals surface area (Å²) in [4.78, 5) is 11.8. The Kier molecular flexibility index (Phi) is 5.78. The monoisotopic (exact) mass is 313 g/mol. The molecular weight excluding hydrogens is 286 g/mol. The van der Waals surface area contributed by atoms with Crippen molar-refractivity contribution in [2.45, 2.75) is 52.7 Å². The molecule has 2 aromatic rings. The average molecular weight is 313 g/mol. The highest BCUT2D eigenvalue weighted by Gasteiger charge is 2.17. The van der Waals surface area contributed by atoms with Crippen LogP contribution in [0.4, 0.5) is 0 Å². The van der Waals surface area contributed by atoms with Gasteiger partial charge in [-0.05, 0) is 54.5 Å². The molecule has 1 atom stereocenters. The van der Waals surface area contributed by atoms with E-state index in [-0.39, 0.29) is 12.1 Å². The predicted octanol–water partition coefficient (Wildman–Crippen LogP) is 3.86. The Hall–Kier alpha value is -1.87. The minimum atomic E-state index is -0.617. The summed E-state index contributed by atoms with van der Waals surface area (Å²) in [7, 11) is 0. The van der Waals surface area contributed by atoms with Gasteiger partial charge in [0.1, 0.15) is 6.04 Å². The van der Waals surface area contributed by atoms with E-state index in [0.29, 0.717) is 12.3 Å². The number of carbonyl (C=O) groups is 1. The Labute approximate surface area is 138 Å². The Morgan fingerprint density at radius 2 is 1.52 bits per heavy atom. The zero-order valence-electron chi connectivity index (χ0n) is 14.5. The van der Waals surface area contributed by atoms with Crippen LogP contribution in [0.3, 0.4) is 0 Å². The van der Waals surface area contributed by atoms with Crippen molar-refractivity contribution in [3.63, 3.8) is 0 Å². The van der Waals surface area contributed by atoms with E-state index in [9.17, 15) is 4.79 Å². The van der Waals surface area contributed by atoms with Gasteiger partial charge >= 0.3 is 5.97 Å². The van der Waals surface area contributed by atoms with Crippen LogP contribution in [0.1, 0.15) is 38.8 Å². The Morgan fingerprint density at radius 3 is 2.04 bits per heavy atom. The van der Waals surface area contributed by atoms with Crippen LogP contribution in [-0.2, 0) is 22.4 Å². The zero-order chi connectivity index (χ0) is 17.0. The summed E-state index contributed by atoms with van der Waals surface area (Å²) in [6, 6.07) is 12.2. The summed E-state index contributed by atoms with van der Waals surface area (Å²) in [6.07, 6.45) is 1.43. The Bertz CT molecular complexity index is 676. The van der Waals surface area contributed by atoms with Gasteiger partial charge in [0.05, 0.1) is 6.10 Å². The van der Waals surface area contributed by atoms with Crippen LogP contribution < -0.4 is 5.73 Å². The molecule has 0 saturated heterocycles. The highest BCUT2D eigenvalue weighted by molar-refractivity contribution is 5.84. The minimum absolute atomic E-state index is 0.135. The molecule has 23 heavy (non-hydrogen) atoms. The van der Waals surface area contributed by atoms with E-state index in [1.165, 1.54) is 16.3 Å². The average Bonchev–Trinajstić information content (AvgIpc) is 2.45. The predicted molar refractivity (Wildman–Crippen MR) is 95.4 cm³/mol. The van der Waals surface area contributed by atoms with Crippen LogP contribution in [-0.4, -0.2) is 18.1 Å². The summed E-state index contributed by atoms with van der Waals surface area (Å²) in [5, 5.41) is 2.41. The van der Waals surface area contributed by atoms with Crippen molar-refractivity contribution in [2.75, 3.05) is 0 Å². The van der Waals surface area contributed by atoms with E-state index in [0.717, 1.165) is 12.0 Å². The van der Waals surface area contributed by atoms with Crippen LogP contribution in [0.2, 0.25) is 0 Å². The van der Waals surface area contributed by atoms with Crippen molar-refractivity contribution in [2.24, 2.45) is 11.7 Å². The summed E-state index contributed by atoms with van der Waals surface area (Å²) in [6.45, 7) is 8.10. The molecular formula is C20H27NO2. The maximum Gasteiger partial charge on any atom is 0.323 e. The molecule has 2 aromatic carbocycles. The molecule has 2 N–H and O–H groups in total. The minimum Gasteiger partial charge on any atom is -0.462 e. The van der Waals surface area contributed by atoms with Gasteiger partial charge in [-0.15, -0.1) is 0 Å². The van der Waals surface area contributed by atoms with Gasteiger partial charge < -0.3 is 10.5 Å². The molecule has 0 aliphatic rings. The number of ether oxygens (including phenoxy) is 1. The Morgan fingerprint density at radius 1 is 0.957 bits per heavy atom. The maximum atomic E-state index is 11.8. The molecule has 0 aliphatic carbocycles. The highest BCUT2D eigenvalue weighted by atomic mass is 16.5. The number of esters is 1. The van der Waals surface area contributed by atoms with Crippen LogP contribution in [0.15, 0.2) is 36.4 Å². The first kappa shape index (κ1) is 17.5. The van der Waals surface area contributed by atoms with E-state index in [2.05, 4.69) is 44.2 Å². The highest BCUT2D eigenvalue weighted by Crippen LogP contribution is 2.20. The molecule has 0 radical (unpaired) electrons. The van der Waals surface area contributed by atoms with Gasteiger partial charge in [-0.25, -0.2) is 0 Å². The summed E-state index contributed by atoms with van der Waals surface area (Å²) in [5.74, 6) is 0.295. The van der Waals surface area contributed by atoms with E-state index in [1.807, 2.05) is 19.9 Å². The lowest BCUT2D eigenvalue weighted by atomic mass is 9.97. The van der Waals surface area contributed by atoms with Crippen LogP contribution >= 0.6 is 0 Å². The number of hydrogen-bond donors (Lipinski definition) is 1. The third-order valence-electron chi connectivity index (χ3n) is 3.72. The fourth-order valence-electron chi connectivity index (χ4n) is 2.73. The number of fused-ring (bicyclic) bond motifs is 1. The second-order valence-corrected chi connectivity index (χ2v) is 6.91. The second-order valence-electron chi connectivity index (χ2n) is 6.91. The molecule has 3 nitrogen and oxygen atoms in total. The maximum absolute atomic E-state index is 11.8. The molecule has 2 rings (SSSR count). The van der Waals surface area contributed by atoms with Gasteiger partial charge in [0.2, 0.25) is 0 Å². The van der Waals surface area contributed by atoms with Crippen LogP contribution in [0, 0.1) is 5.92 Å². The first-order valence-corrected chi connectivity index (χ1v) is 8.33. The number of carbonyl (C=O) groups excluding carboxylic acids is 1. The molecule has 0 fully saturated rings. The number of hydrogen-bond acceptors (Lipinski definition) is 3. The largest absolute Gasteiger partial charge is 0.462 e. The zero-order valence-corrected chi connectivity index (χ0v) is 14.5. The van der Waals surface area contributed by atoms with Gasteiger partial charge in [-0.3, -0.25) is 4.79 Å². The van der Waals surface area contributed by atoms with Crippen molar-refractivity contribution in [3.05, 3.63) is 47.5 Å². The lowest BCUT2D eigenvalue weighted by Crippen LogP contribution is -2.35. The summed E-state index contributed by atoms with van der Waals surface area (Å²) < 4.78 is 5.17. The topological polar surface area (TPSA) is 52.3 Å². The van der Waals surface area contributed by atoms with Crippen molar-refractivity contribution in [1.82, 2.24) is 0 Å². The van der Waals surface area contributed by atoms with E-state index >= 15 is 0 Å². The van der Waals surface area contributed by atoms with E-state index in [4.69, 9.17) is 10.5 Å². The molecule has 0 saturated carbocycles. The SMILES string of the molecule is CC(C)Cc1ccc2ccc(CC(N)C(=O)OC(C)C)cc2c1. The fourth-order valence-corrected chi connectivity index (χ4v) is 2.73. The molecule has 1 unspecified atom stereocenters. The summed E-state index contributed by atoms with van der Waals surface area (Å²) >= 11 is 0. The molecule has 0 amide bonds. The lowest BCUT2D eigenvalue weighted by molar-refractivity contribution is -0.148. The summed E-state index contributed by atoms with van der Waals surface area (Å²) in [5.41, 5.74) is 8.37.